The molecule has 2 aromatic rings. The van der Waals surface area contributed by atoms with Crippen LogP contribution in [0.2, 0.25) is 0 Å². The lowest BCUT2D eigenvalue weighted by Gasteiger charge is -2.29. The molecule has 1 heterocycles. The maximum absolute atomic E-state index is 4.21. The van der Waals surface area contributed by atoms with Crippen molar-refractivity contribution in [2.75, 3.05) is 0 Å². The van der Waals surface area contributed by atoms with Crippen molar-refractivity contribution in [2.24, 2.45) is 0 Å². The summed E-state index contributed by atoms with van der Waals surface area (Å²) in [5.74, 6) is 0. The summed E-state index contributed by atoms with van der Waals surface area (Å²) in [5.41, 5.74) is 4.84. The van der Waals surface area contributed by atoms with Gasteiger partial charge < -0.3 is 0 Å². The van der Waals surface area contributed by atoms with Crippen molar-refractivity contribution in [3.8, 4) is 0 Å². The highest BCUT2D eigenvalue weighted by Gasteiger charge is 2.60. The van der Waals surface area contributed by atoms with Crippen LogP contribution < -0.4 is 4.67 Å². The maximum atomic E-state index is 4.21. The Balaban J connectivity index is 2.03. The molecule has 1 aliphatic carbocycles. The van der Waals surface area contributed by atoms with E-state index in [-0.39, 0.29) is 11.0 Å². The van der Waals surface area contributed by atoms with Crippen LogP contribution in [-0.2, 0) is 11.8 Å². The van der Waals surface area contributed by atoms with Gasteiger partial charge >= 0.3 is 0 Å². The van der Waals surface area contributed by atoms with Crippen molar-refractivity contribution in [3.05, 3.63) is 77.4 Å². The molecule has 0 amide bonds. The monoisotopic (exact) mass is 314 g/mol. The highest BCUT2D eigenvalue weighted by Crippen LogP contribution is 2.47. The molecular weight excluding hydrogens is 292 g/mol. The van der Waals surface area contributed by atoms with Crippen LogP contribution in [0, 0.1) is 0 Å². The molecule has 0 radical (unpaired) electrons. The van der Waals surface area contributed by atoms with E-state index in [0.717, 1.165) is 6.42 Å². The van der Waals surface area contributed by atoms with Crippen molar-refractivity contribution < 1.29 is 4.58 Å². The van der Waals surface area contributed by atoms with Gasteiger partial charge in [0.2, 0.25) is 5.69 Å². The zero-order chi connectivity index (χ0) is 16.8. The second kappa shape index (κ2) is 5.15. The van der Waals surface area contributed by atoms with E-state index in [4.69, 9.17) is 0 Å². The molecule has 0 aromatic heterocycles. The predicted molar refractivity (Wildman–Crippen MR) is 102 cm³/mol. The smallest absolute Gasteiger partial charge is 0.192 e. The molecule has 1 aliphatic heterocycles. The van der Waals surface area contributed by atoms with Crippen molar-refractivity contribution >= 4 is 24.8 Å². The first-order valence-electron chi connectivity index (χ1n) is 8.40. The zero-order valence-corrected chi connectivity index (χ0v) is 14.2. The number of nitrogens with zero attached hydrogens (tertiary/aromatic N) is 2. The minimum atomic E-state index is -0.310. The van der Waals surface area contributed by atoms with E-state index in [9.17, 15) is 0 Å². The van der Waals surface area contributed by atoms with Gasteiger partial charge in [-0.25, -0.2) is 0 Å². The van der Waals surface area contributed by atoms with E-state index in [2.05, 4.69) is 96.7 Å². The lowest BCUT2D eigenvalue weighted by atomic mass is 9.67. The molecule has 2 nitrogen and oxygen atoms in total. The Morgan fingerprint density at radius 2 is 1.75 bits per heavy atom. The summed E-state index contributed by atoms with van der Waals surface area (Å²) in [4.78, 5) is 0. The van der Waals surface area contributed by atoms with Crippen LogP contribution >= 0.6 is 0 Å². The van der Waals surface area contributed by atoms with Crippen LogP contribution in [0.25, 0.3) is 0 Å². The minimum absolute atomic E-state index is 0.115. The SMILES string of the molecule is C=[N+]=C[C@@]12C=[N+](c3ccccc3)C(C)(C)C1=CCc1ccccc12. The Morgan fingerprint density at radius 1 is 1.04 bits per heavy atom. The first-order chi connectivity index (χ1) is 11.6. The lowest BCUT2D eigenvalue weighted by Crippen LogP contribution is -2.39. The van der Waals surface area contributed by atoms with E-state index in [1.807, 2.05) is 6.21 Å². The summed E-state index contributed by atoms with van der Waals surface area (Å²) >= 11 is 0. The van der Waals surface area contributed by atoms with Gasteiger partial charge in [0.05, 0.1) is 0 Å². The first-order valence-corrected chi connectivity index (χ1v) is 8.40. The molecular formula is C22H22N2+2. The van der Waals surface area contributed by atoms with Crippen LogP contribution in [0.3, 0.4) is 0 Å². The molecule has 0 saturated carbocycles. The fraction of sp³-hybridized carbons (Fsp3) is 0.227. The predicted octanol–water partition coefficient (Wildman–Crippen LogP) is 3.45. The molecule has 118 valence electrons. The largest absolute Gasteiger partial charge is 0.293 e. The molecule has 2 aliphatic rings. The number of hydrogen-bond donors (Lipinski definition) is 0. The van der Waals surface area contributed by atoms with Gasteiger partial charge in [-0.1, -0.05) is 48.5 Å². The Kier molecular flexibility index (Phi) is 3.19. The quantitative estimate of drug-likeness (QED) is 0.350. The van der Waals surface area contributed by atoms with E-state index in [1.54, 1.807) is 0 Å². The molecule has 0 bridgehead atoms. The number of fused-ring (bicyclic) bond motifs is 3. The van der Waals surface area contributed by atoms with E-state index < -0.39 is 0 Å². The standard InChI is InChI=1S/C22H22N2/c1-21(2)20-14-13-17-9-7-8-12-19(17)22(20,15-23-3)16-24(21)18-10-5-4-6-11-18/h4-12,14-16H,3,13H2,1-2H3/q+2/t22-/m0/s1. The van der Waals surface area contributed by atoms with Gasteiger partial charge in [-0.3, -0.25) is 0 Å². The van der Waals surface area contributed by atoms with Gasteiger partial charge in [-0.15, -0.1) is 4.67 Å². The first kappa shape index (κ1) is 14.9. The molecule has 1 atom stereocenters. The Bertz CT molecular complexity index is 912. The third-order valence-corrected chi connectivity index (χ3v) is 5.36. The summed E-state index contributed by atoms with van der Waals surface area (Å²) in [7, 11) is 0. The van der Waals surface area contributed by atoms with E-state index >= 15 is 0 Å². The van der Waals surface area contributed by atoms with Gasteiger partial charge in [-0.2, -0.15) is 4.58 Å². The lowest BCUT2D eigenvalue weighted by molar-refractivity contribution is -0.501. The van der Waals surface area contributed by atoms with Crippen LogP contribution in [-0.4, -0.2) is 29.3 Å². The fourth-order valence-corrected chi connectivity index (χ4v) is 4.32. The van der Waals surface area contributed by atoms with Crippen LogP contribution in [0.4, 0.5) is 5.69 Å². The summed E-state index contributed by atoms with van der Waals surface area (Å²) in [5, 5.41) is 0. The van der Waals surface area contributed by atoms with Gasteiger partial charge in [0.15, 0.2) is 17.2 Å². The van der Waals surface area contributed by atoms with Crippen molar-refractivity contribution in [2.45, 2.75) is 31.2 Å². The highest BCUT2D eigenvalue weighted by atomic mass is 15.1. The van der Waals surface area contributed by atoms with Crippen molar-refractivity contribution in [1.29, 1.82) is 0 Å². The summed E-state index contributed by atoms with van der Waals surface area (Å²) in [6.45, 7) is 8.33. The number of rotatable bonds is 2. The molecule has 0 N–H and O–H groups in total. The van der Waals surface area contributed by atoms with Gasteiger partial charge in [0, 0.05) is 31.6 Å². The molecule has 0 spiro atoms. The molecule has 2 heteroatoms. The van der Waals surface area contributed by atoms with Crippen LogP contribution in [0.15, 0.2) is 66.2 Å². The molecule has 4 rings (SSSR count). The molecule has 24 heavy (non-hydrogen) atoms. The third kappa shape index (κ3) is 1.90. The van der Waals surface area contributed by atoms with Gasteiger partial charge in [0.1, 0.15) is 0 Å². The number of para-hydroxylation sites is 1. The second-order valence-corrected chi connectivity index (χ2v) is 7.05. The molecule has 0 fully saturated rings. The number of benzene rings is 2. The minimum Gasteiger partial charge on any atom is -0.192 e. The fourth-order valence-electron chi connectivity index (χ4n) is 4.32. The van der Waals surface area contributed by atoms with Crippen molar-refractivity contribution in [3.63, 3.8) is 0 Å². The normalized spacial score (nSPS) is 23.4. The topological polar surface area (TPSA) is 17.1 Å². The van der Waals surface area contributed by atoms with Gasteiger partial charge in [-0.05, 0) is 17.5 Å². The third-order valence-electron chi connectivity index (χ3n) is 5.36. The maximum Gasteiger partial charge on any atom is 0.293 e. The summed E-state index contributed by atoms with van der Waals surface area (Å²) in [6.07, 6.45) is 7.67. The highest BCUT2D eigenvalue weighted by molar-refractivity contribution is 6.02. The van der Waals surface area contributed by atoms with Crippen LogP contribution in [0.1, 0.15) is 25.0 Å². The van der Waals surface area contributed by atoms with E-state index in [1.165, 1.54) is 22.4 Å². The van der Waals surface area contributed by atoms with Crippen molar-refractivity contribution in [1.82, 2.24) is 4.67 Å². The summed E-state index contributed by atoms with van der Waals surface area (Å²) < 4.78 is 6.59. The Labute approximate surface area is 143 Å². The molecule has 2 aromatic carbocycles. The van der Waals surface area contributed by atoms with Crippen LogP contribution in [0.5, 0.6) is 0 Å². The molecule has 0 unspecified atom stereocenters. The second-order valence-electron chi connectivity index (χ2n) is 7.05. The number of allylic oxidation sites excluding steroid dienone is 1. The van der Waals surface area contributed by atoms with E-state index in [0.29, 0.717) is 0 Å². The summed E-state index contributed by atoms with van der Waals surface area (Å²) in [6, 6.07) is 19.2. The average Bonchev–Trinajstić information content (AvgIpc) is 2.84. The average molecular weight is 314 g/mol. The molecule has 0 saturated heterocycles. The van der Waals surface area contributed by atoms with Gasteiger partial charge in [0.25, 0.3) is 12.9 Å². The number of hydrogen-bond acceptors (Lipinski definition) is 0. The Hall–Kier alpha value is -2.70. The Morgan fingerprint density at radius 3 is 2.50 bits per heavy atom. The zero-order valence-electron chi connectivity index (χ0n) is 14.2.